The minimum absolute atomic E-state index is 0.0194. The van der Waals surface area contributed by atoms with Crippen LogP contribution in [0.1, 0.15) is 5.56 Å². The van der Waals surface area contributed by atoms with Gasteiger partial charge in [-0.1, -0.05) is 30.3 Å². The second-order valence-electron chi connectivity index (χ2n) is 4.89. The average Bonchev–Trinajstić information content (AvgIpc) is 3.01. The third kappa shape index (κ3) is 3.69. The van der Waals surface area contributed by atoms with Gasteiger partial charge in [-0.3, -0.25) is 4.79 Å². The maximum absolute atomic E-state index is 11.7. The highest BCUT2D eigenvalue weighted by atomic mass is 16.7. The predicted octanol–water partition coefficient (Wildman–Crippen LogP) is 2.15. The second-order valence-corrected chi connectivity index (χ2v) is 4.89. The van der Waals surface area contributed by atoms with Gasteiger partial charge < -0.3 is 19.5 Å². The number of hydrogen-bond acceptors (Lipinski definition) is 4. The fraction of sp³-hybridized carbons (Fsp3) is 0.235. The van der Waals surface area contributed by atoms with E-state index in [0.29, 0.717) is 23.8 Å². The van der Waals surface area contributed by atoms with Crippen molar-refractivity contribution in [2.75, 3.05) is 19.9 Å². The predicted molar refractivity (Wildman–Crippen MR) is 81.2 cm³/mol. The summed E-state index contributed by atoms with van der Waals surface area (Å²) >= 11 is 0. The molecule has 0 unspecified atom stereocenters. The van der Waals surface area contributed by atoms with Gasteiger partial charge in [-0.2, -0.15) is 0 Å². The first-order valence-electron chi connectivity index (χ1n) is 7.14. The number of rotatable bonds is 6. The van der Waals surface area contributed by atoms with Crippen molar-refractivity contribution in [3.05, 3.63) is 54.1 Å². The SMILES string of the molecule is O=C(COc1ccc2c(c1)OCO2)NCCc1ccccc1. The number of carbonyl (C=O) groups excluding carboxylic acids is 1. The van der Waals surface area contributed by atoms with E-state index < -0.39 is 0 Å². The van der Waals surface area contributed by atoms with E-state index in [-0.39, 0.29) is 19.3 Å². The summed E-state index contributed by atoms with van der Waals surface area (Å²) in [6.45, 7) is 0.792. The van der Waals surface area contributed by atoms with Gasteiger partial charge in [0, 0.05) is 12.6 Å². The highest BCUT2D eigenvalue weighted by Gasteiger charge is 2.14. The summed E-state index contributed by atoms with van der Waals surface area (Å²) in [5, 5.41) is 2.83. The molecular weight excluding hydrogens is 282 g/mol. The van der Waals surface area contributed by atoms with Crippen LogP contribution in [0.25, 0.3) is 0 Å². The van der Waals surface area contributed by atoms with Gasteiger partial charge in [-0.25, -0.2) is 0 Å². The number of benzene rings is 2. The quantitative estimate of drug-likeness (QED) is 0.888. The lowest BCUT2D eigenvalue weighted by Gasteiger charge is -2.08. The Morgan fingerprint density at radius 2 is 1.91 bits per heavy atom. The van der Waals surface area contributed by atoms with Crippen LogP contribution >= 0.6 is 0 Å². The van der Waals surface area contributed by atoms with Crippen molar-refractivity contribution in [1.82, 2.24) is 5.32 Å². The first-order valence-corrected chi connectivity index (χ1v) is 7.14. The normalized spacial score (nSPS) is 12.0. The molecule has 0 saturated heterocycles. The molecule has 0 spiro atoms. The standard InChI is InChI=1S/C17H17NO4/c19-17(18-9-8-13-4-2-1-3-5-13)11-20-14-6-7-15-16(10-14)22-12-21-15/h1-7,10H,8-9,11-12H2,(H,18,19). The minimum Gasteiger partial charge on any atom is -0.484 e. The van der Waals surface area contributed by atoms with Gasteiger partial charge in [-0.05, 0) is 24.1 Å². The van der Waals surface area contributed by atoms with Gasteiger partial charge in [0.15, 0.2) is 18.1 Å². The molecule has 114 valence electrons. The van der Waals surface area contributed by atoms with Crippen molar-refractivity contribution >= 4 is 5.91 Å². The van der Waals surface area contributed by atoms with Crippen LogP contribution in [0, 0.1) is 0 Å². The molecule has 3 rings (SSSR count). The summed E-state index contributed by atoms with van der Waals surface area (Å²) in [6, 6.07) is 15.3. The number of ether oxygens (including phenoxy) is 3. The molecule has 2 aromatic carbocycles. The summed E-state index contributed by atoms with van der Waals surface area (Å²) in [4.78, 5) is 11.7. The summed E-state index contributed by atoms with van der Waals surface area (Å²) < 4.78 is 15.9. The van der Waals surface area contributed by atoms with E-state index in [1.54, 1.807) is 18.2 Å². The molecule has 0 radical (unpaired) electrons. The zero-order valence-corrected chi connectivity index (χ0v) is 12.1. The van der Waals surface area contributed by atoms with Crippen LogP contribution < -0.4 is 19.5 Å². The first kappa shape index (κ1) is 14.3. The van der Waals surface area contributed by atoms with Crippen molar-refractivity contribution < 1.29 is 19.0 Å². The molecule has 1 N–H and O–H groups in total. The summed E-state index contributed by atoms with van der Waals surface area (Å²) in [7, 11) is 0. The lowest BCUT2D eigenvalue weighted by atomic mass is 10.1. The Labute approximate surface area is 128 Å². The summed E-state index contributed by atoms with van der Waals surface area (Å²) in [5.41, 5.74) is 1.19. The lowest BCUT2D eigenvalue weighted by molar-refractivity contribution is -0.123. The third-order valence-corrected chi connectivity index (χ3v) is 3.29. The molecule has 0 aliphatic carbocycles. The molecule has 1 heterocycles. The molecule has 1 aliphatic heterocycles. The molecule has 0 bridgehead atoms. The van der Waals surface area contributed by atoms with Crippen molar-refractivity contribution in [3.63, 3.8) is 0 Å². The molecule has 2 aromatic rings. The number of fused-ring (bicyclic) bond motifs is 1. The van der Waals surface area contributed by atoms with Gasteiger partial charge in [0.1, 0.15) is 5.75 Å². The van der Waals surface area contributed by atoms with Crippen LogP contribution in [0.15, 0.2) is 48.5 Å². The zero-order chi connectivity index (χ0) is 15.2. The van der Waals surface area contributed by atoms with E-state index in [9.17, 15) is 4.79 Å². The molecule has 1 aliphatic rings. The van der Waals surface area contributed by atoms with Crippen LogP contribution in [-0.4, -0.2) is 25.9 Å². The highest BCUT2D eigenvalue weighted by Crippen LogP contribution is 2.34. The second kappa shape index (κ2) is 6.85. The van der Waals surface area contributed by atoms with E-state index in [1.165, 1.54) is 5.56 Å². The third-order valence-electron chi connectivity index (χ3n) is 3.29. The Hall–Kier alpha value is -2.69. The van der Waals surface area contributed by atoms with Crippen molar-refractivity contribution in [2.45, 2.75) is 6.42 Å². The van der Waals surface area contributed by atoms with E-state index in [0.717, 1.165) is 6.42 Å². The molecule has 22 heavy (non-hydrogen) atoms. The lowest BCUT2D eigenvalue weighted by Crippen LogP contribution is -2.30. The Morgan fingerprint density at radius 1 is 1.09 bits per heavy atom. The van der Waals surface area contributed by atoms with Crippen molar-refractivity contribution in [3.8, 4) is 17.2 Å². The van der Waals surface area contributed by atoms with Crippen LogP contribution in [-0.2, 0) is 11.2 Å². The summed E-state index contributed by atoms with van der Waals surface area (Å²) in [5.74, 6) is 1.78. The molecule has 5 heteroatoms. The van der Waals surface area contributed by atoms with Crippen molar-refractivity contribution in [2.24, 2.45) is 0 Å². The van der Waals surface area contributed by atoms with Crippen LogP contribution in [0.2, 0.25) is 0 Å². The Kier molecular flexibility index (Phi) is 4.44. The van der Waals surface area contributed by atoms with Gasteiger partial charge >= 0.3 is 0 Å². The zero-order valence-electron chi connectivity index (χ0n) is 12.1. The number of amides is 1. The number of nitrogens with one attached hydrogen (secondary N) is 1. The van der Waals surface area contributed by atoms with Gasteiger partial charge in [0.05, 0.1) is 0 Å². The maximum atomic E-state index is 11.7. The Morgan fingerprint density at radius 3 is 2.77 bits per heavy atom. The highest BCUT2D eigenvalue weighted by molar-refractivity contribution is 5.77. The monoisotopic (exact) mass is 299 g/mol. The molecule has 5 nitrogen and oxygen atoms in total. The Bertz CT molecular complexity index is 642. The van der Waals surface area contributed by atoms with Gasteiger partial charge in [0.2, 0.25) is 6.79 Å². The fourth-order valence-electron chi connectivity index (χ4n) is 2.16. The van der Waals surface area contributed by atoms with Gasteiger partial charge in [0.25, 0.3) is 5.91 Å². The van der Waals surface area contributed by atoms with Crippen LogP contribution in [0.3, 0.4) is 0 Å². The molecule has 1 amide bonds. The van der Waals surface area contributed by atoms with E-state index in [4.69, 9.17) is 14.2 Å². The average molecular weight is 299 g/mol. The minimum atomic E-state index is -0.145. The molecule has 0 fully saturated rings. The van der Waals surface area contributed by atoms with Crippen molar-refractivity contribution in [1.29, 1.82) is 0 Å². The molecule has 0 aromatic heterocycles. The van der Waals surface area contributed by atoms with E-state index >= 15 is 0 Å². The van der Waals surface area contributed by atoms with E-state index in [1.807, 2.05) is 30.3 Å². The number of hydrogen-bond donors (Lipinski definition) is 1. The van der Waals surface area contributed by atoms with Crippen LogP contribution in [0.5, 0.6) is 17.2 Å². The molecule has 0 saturated carbocycles. The Balaban J connectivity index is 1.41. The van der Waals surface area contributed by atoms with Gasteiger partial charge in [-0.15, -0.1) is 0 Å². The molecular formula is C17H17NO4. The van der Waals surface area contributed by atoms with Crippen LogP contribution in [0.4, 0.5) is 0 Å². The number of carbonyl (C=O) groups is 1. The molecule has 0 atom stereocenters. The van der Waals surface area contributed by atoms with E-state index in [2.05, 4.69) is 5.32 Å². The largest absolute Gasteiger partial charge is 0.484 e. The fourth-order valence-corrected chi connectivity index (χ4v) is 2.16. The topological polar surface area (TPSA) is 56.8 Å². The maximum Gasteiger partial charge on any atom is 0.257 e. The summed E-state index contributed by atoms with van der Waals surface area (Å²) in [6.07, 6.45) is 0.802. The smallest absolute Gasteiger partial charge is 0.257 e. The first-order chi connectivity index (χ1) is 10.8.